The van der Waals surface area contributed by atoms with Gasteiger partial charge in [-0.1, -0.05) is 42.5 Å². The molecule has 1 aliphatic rings. The van der Waals surface area contributed by atoms with Crippen LogP contribution in [0.1, 0.15) is 28.8 Å². The lowest BCUT2D eigenvalue weighted by Gasteiger charge is -2.36. The van der Waals surface area contributed by atoms with Gasteiger partial charge in [-0.2, -0.15) is 0 Å². The van der Waals surface area contributed by atoms with Crippen LogP contribution in [0, 0.1) is 5.92 Å². The predicted octanol–water partition coefficient (Wildman–Crippen LogP) is 4.85. The van der Waals surface area contributed by atoms with E-state index >= 15 is 0 Å². The fraction of sp³-hybridized carbons (Fsp3) is 0.393. The highest BCUT2D eigenvalue weighted by atomic mass is 16.5. The Bertz CT molecular complexity index is 1050. The lowest BCUT2D eigenvalue weighted by Crippen LogP contribution is -2.43. The van der Waals surface area contributed by atoms with Crippen LogP contribution >= 0.6 is 0 Å². The predicted molar refractivity (Wildman–Crippen MR) is 133 cm³/mol. The molecule has 1 aliphatic heterocycles. The van der Waals surface area contributed by atoms with Gasteiger partial charge in [-0.3, -0.25) is 9.69 Å². The van der Waals surface area contributed by atoms with Gasteiger partial charge in [0.15, 0.2) is 0 Å². The topological polar surface area (TPSA) is 42.0 Å². The third-order valence-corrected chi connectivity index (χ3v) is 6.48. The van der Waals surface area contributed by atoms with Gasteiger partial charge in [0.1, 0.15) is 5.75 Å². The van der Waals surface area contributed by atoms with E-state index in [-0.39, 0.29) is 5.91 Å². The van der Waals surface area contributed by atoms with Crippen LogP contribution in [0.2, 0.25) is 0 Å². The highest BCUT2D eigenvalue weighted by Crippen LogP contribution is 2.24. The molecule has 0 saturated carbocycles. The Labute approximate surface area is 196 Å². The van der Waals surface area contributed by atoms with Crippen molar-refractivity contribution in [2.75, 3.05) is 47.0 Å². The Balaban J connectivity index is 1.45. The maximum absolute atomic E-state index is 13.5. The monoisotopic (exact) mass is 446 g/mol. The Morgan fingerprint density at radius 3 is 2.61 bits per heavy atom. The van der Waals surface area contributed by atoms with Crippen molar-refractivity contribution in [3.8, 4) is 5.75 Å². The standard InChI is InChI=1S/C28H34N2O3/c1-32-16-15-30(21-23-9-6-14-29(20-23)19-22-7-4-3-5-8-22)28(31)26-11-10-25-18-27(33-2)13-12-24(25)17-26/h3-5,7-8,10-13,17-18,23H,6,9,14-16,19-21H2,1-2H3. The number of likely N-dealkylation sites (tertiary alicyclic amines) is 1. The molecule has 33 heavy (non-hydrogen) atoms. The second kappa shape index (κ2) is 11.3. The van der Waals surface area contributed by atoms with E-state index in [1.54, 1.807) is 14.2 Å². The van der Waals surface area contributed by atoms with Crippen LogP contribution in [0.3, 0.4) is 0 Å². The number of carbonyl (C=O) groups is 1. The summed E-state index contributed by atoms with van der Waals surface area (Å²) in [6, 6.07) is 22.5. The van der Waals surface area contributed by atoms with Crippen molar-refractivity contribution in [1.82, 2.24) is 9.80 Å². The van der Waals surface area contributed by atoms with Crippen LogP contribution in [0.15, 0.2) is 66.7 Å². The van der Waals surface area contributed by atoms with Crippen molar-refractivity contribution in [3.63, 3.8) is 0 Å². The van der Waals surface area contributed by atoms with Crippen molar-refractivity contribution in [3.05, 3.63) is 77.9 Å². The molecule has 0 radical (unpaired) electrons. The molecule has 1 fully saturated rings. The van der Waals surface area contributed by atoms with Gasteiger partial charge in [0.05, 0.1) is 13.7 Å². The van der Waals surface area contributed by atoms with Crippen molar-refractivity contribution in [2.45, 2.75) is 19.4 Å². The van der Waals surface area contributed by atoms with E-state index in [2.05, 4.69) is 35.2 Å². The minimum absolute atomic E-state index is 0.0740. The molecule has 3 aromatic carbocycles. The number of ether oxygens (including phenoxy) is 2. The van der Waals surface area contributed by atoms with Crippen LogP contribution in [-0.2, 0) is 11.3 Å². The van der Waals surface area contributed by atoms with Crippen LogP contribution in [0.4, 0.5) is 0 Å². The number of rotatable bonds is 9. The average molecular weight is 447 g/mol. The number of benzene rings is 3. The normalized spacial score (nSPS) is 16.6. The van der Waals surface area contributed by atoms with Gasteiger partial charge in [-0.15, -0.1) is 0 Å². The van der Waals surface area contributed by atoms with Crippen LogP contribution in [0.5, 0.6) is 5.75 Å². The first-order valence-corrected chi connectivity index (χ1v) is 11.8. The Hall–Kier alpha value is -2.89. The smallest absolute Gasteiger partial charge is 0.253 e. The molecule has 3 aromatic rings. The Morgan fingerprint density at radius 2 is 1.82 bits per heavy atom. The lowest BCUT2D eigenvalue weighted by molar-refractivity contribution is 0.0603. The van der Waals surface area contributed by atoms with Crippen molar-refractivity contribution in [1.29, 1.82) is 0 Å². The summed E-state index contributed by atoms with van der Waals surface area (Å²) in [7, 11) is 3.35. The maximum atomic E-state index is 13.5. The molecule has 5 nitrogen and oxygen atoms in total. The number of fused-ring (bicyclic) bond motifs is 1. The highest BCUT2D eigenvalue weighted by Gasteiger charge is 2.25. The third-order valence-electron chi connectivity index (χ3n) is 6.48. The van der Waals surface area contributed by atoms with Crippen LogP contribution in [-0.4, -0.2) is 62.7 Å². The molecule has 5 heteroatoms. The first-order valence-electron chi connectivity index (χ1n) is 11.8. The summed E-state index contributed by atoms with van der Waals surface area (Å²) in [5, 5.41) is 2.11. The molecule has 1 unspecified atom stereocenters. The minimum atomic E-state index is 0.0740. The van der Waals surface area contributed by atoms with E-state index in [0.717, 1.165) is 54.7 Å². The largest absolute Gasteiger partial charge is 0.497 e. The molecule has 1 saturated heterocycles. The SMILES string of the molecule is COCCN(CC1CCCN(Cc2ccccc2)C1)C(=O)c1ccc2cc(OC)ccc2c1. The Kier molecular flexibility index (Phi) is 7.97. The number of nitrogens with zero attached hydrogens (tertiary/aromatic N) is 2. The maximum Gasteiger partial charge on any atom is 0.253 e. The first kappa shape index (κ1) is 23.3. The van der Waals surface area contributed by atoms with E-state index < -0.39 is 0 Å². The van der Waals surface area contributed by atoms with Gasteiger partial charge in [0.25, 0.3) is 5.91 Å². The number of amides is 1. The molecule has 0 aliphatic carbocycles. The molecule has 0 bridgehead atoms. The quantitative estimate of drug-likeness (QED) is 0.471. The van der Waals surface area contributed by atoms with E-state index in [0.29, 0.717) is 19.1 Å². The molecule has 0 spiro atoms. The fourth-order valence-corrected chi connectivity index (χ4v) is 4.74. The van der Waals surface area contributed by atoms with E-state index in [1.165, 1.54) is 12.0 Å². The summed E-state index contributed by atoms with van der Waals surface area (Å²) in [5.74, 6) is 1.36. The highest BCUT2D eigenvalue weighted by molar-refractivity contribution is 5.98. The van der Waals surface area contributed by atoms with Gasteiger partial charge < -0.3 is 14.4 Å². The van der Waals surface area contributed by atoms with E-state index in [4.69, 9.17) is 9.47 Å². The summed E-state index contributed by atoms with van der Waals surface area (Å²) in [5.41, 5.74) is 2.07. The molecule has 1 heterocycles. The fourth-order valence-electron chi connectivity index (χ4n) is 4.74. The number of carbonyl (C=O) groups excluding carboxylic acids is 1. The summed E-state index contributed by atoms with van der Waals surface area (Å²) in [6.45, 7) is 5.00. The van der Waals surface area contributed by atoms with Crippen LogP contribution < -0.4 is 4.74 Å². The van der Waals surface area contributed by atoms with Gasteiger partial charge in [0.2, 0.25) is 0 Å². The molecule has 0 N–H and O–H groups in total. The van der Waals surface area contributed by atoms with Crippen molar-refractivity contribution in [2.24, 2.45) is 5.92 Å². The molecule has 1 atom stereocenters. The molecule has 0 aromatic heterocycles. The molecule has 4 rings (SSSR count). The number of hydrogen-bond donors (Lipinski definition) is 0. The first-order chi connectivity index (χ1) is 16.2. The van der Waals surface area contributed by atoms with Gasteiger partial charge in [-0.05, 0) is 65.9 Å². The molecule has 1 amide bonds. The number of piperidine rings is 1. The zero-order chi connectivity index (χ0) is 23.0. The van der Waals surface area contributed by atoms with Gasteiger partial charge >= 0.3 is 0 Å². The van der Waals surface area contributed by atoms with Crippen LogP contribution in [0.25, 0.3) is 10.8 Å². The van der Waals surface area contributed by atoms with E-state index in [9.17, 15) is 4.79 Å². The Morgan fingerprint density at radius 1 is 1.03 bits per heavy atom. The second-order valence-corrected chi connectivity index (χ2v) is 8.90. The summed E-state index contributed by atoms with van der Waals surface area (Å²) in [4.78, 5) is 18.0. The van der Waals surface area contributed by atoms with E-state index in [1.807, 2.05) is 41.3 Å². The molecular weight excluding hydrogens is 412 g/mol. The third kappa shape index (κ3) is 6.12. The zero-order valence-corrected chi connectivity index (χ0v) is 19.7. The minimum Gasteiger partial charge on any atom is -0.497 e. The molecule has 174 valence electrons. The summed E-state index contributed by atoms with van der Waals surface area (Å²) >= 11 is 0. The lowest BCUT2D eigenvalue weighted by atomic mass is 9.96. The second-order valence-electron chi connectivity index (χ2n) is 8.90. The average Bonchev–Trinajstić information content (AvgIpc) is 2.86. The van der Waals surface area contributed by atoms with Gasteiger partial charge in [-0.25, -0.2) is 0 Å². The number of methoxy groups -OCH3 is 2. The van der Waals surface area contributed by atoms with Gasteiger partial charge in [0, 0.05) is 38.9 Å². The zero-order valence-electron chi connectivity index (χ0n) is 19.7. The number of hydrogen-bond acceptors (Lipinski definition) is 4. The van der Waals surface area contributed by atoms with Crippen molar-refractivity contribution < 1.29 is 14.3 Å². The van der Waals surface area contributed by atoms with Crippen molar-refractivity contribution >= 4 is 16.7 Å². The molecular formula is C28H34N2O3. The summed E-state index contributed by atoms with van der Waals surface area (Å²) in [6.07, 6.45) is 2.32. The summed E-state index contributed by atoms with van der Waals surface area (Å²) < 4.78 is 10.6.